The van der Waals surface area contributed by atoms with E-state index in [4.69, 9.17) is 5.73 Å². The summed E-state index contributed by atoms with van der Waals surface area (Å²) in [5, 5.41) is 14.7. The molecule has 4 aromatic rings. The molecular weight excluding hydrogens is 803 g/mol. The Labute approximate surface area is 347 Å². The molecule has 4 bridgehead atoms. The van der Waals surface area contributed by atoms with Crippen LogP contribution in [-0.4, -0.2) is 105 Å². The van der Waals surface area contributed by atoms with Crippen molar-refractivity contribution < 1.29 is 41.8 Å². The molecule has 320 valence electrons. The Hall–Kier alpha value is -6.44. The lowest BCUT2D eigenvalue weighted by Gasteiger charge is -2.36. The smallest absolute Gasteiger partial charge is 0.354 e. The summed E-state index contributed by atoms with van der Waals surface area (Å²) in [6.07, 6.45) is 4.11. The summed E-state index contributed by atoms with van der Waals surface area (Å²) in [6.45, 7) is 3.04. The Morgan fingerprint density at radius 3 is 1.57 bits per heavy atom. The number of carboxylic acids is 1. The fraction of sp³-hybridized carbons (Fsp3) is 0.415. The predicted molar refractivity (Wildman–Crippen MR) is 217 cm³/mol. The van der Waals surface area contributed by atoms with E-state index in [1.165, 1.54) is 6.07 Å². The maximum atomic E-state index is 13.1. The van der Waals surface area contributed by atoms with E-state index in [1.54, 1.807) is 76.8 Å². The first-order chi connectivity index (χ1) is 29.1. The Kier molecular flexibility index (Phi) is 11.2. The van der Waals surface area contributed by atoms with Gasteiger partial charge >= 0.3 is 18.0 Å². The van der Waals surface area contributed by atoms with Crippen LogP contribution in [0.1, 0.15) is 65.9 Å². The number of anilines is 6. The number of fused-ring (bicyclic) bond motifs is 8. The lowest BCUT2D eigenvalue weighted by molar-refractivity contribution is -0.109. The van der Waals surface area contributed by atoms with Gasteiger partial charge in [-0.3, -0.25) is 25.2 Å². The second-order valence-corrected chi connectivity index (χ2v) is 16.0. The molecule has 10 rings (SSSR count). The molecule has 2 saturated carbocycles. The lowest BCUT2D eigenvalue weighted by Crippen LogP contribution is -2.48. The van der Waals surface area contributed by atoms with Crippen LogP contribution in [-0.2, 0) is 0 Å². The number of halogens is 4. The van der Waals surface area contributed by atoms with E-state index in [0.717, 1.165) is 43.9 Å². The number of rotatable bonds is 6. The first-order valence-electron chi connectivity index (χ1n) is 20.0. The molecule has 2 aliphatic carbocycles. The average molecular weight is 846 g/mol. The fourth-order valence-corrected chi connectivity index (χ4v) is 8.43. The summed E-state index contributed by atoms with van der Waals surface area (Å²) >= 11 is 0. The molecule has 0 aromatic carbocycles. The van der Waals surface area contributed by atoms with Gasteiger partial charge in [-0.15, -0.1) is 0 Å². The van der Waals surface area contributed by atoms with Gasteiger partial charge in [-0.25, -0.2) is 51.9 Å². The minimum absolute atomic E-state index is 0.0299. The summed E-state index contributed by atoms with van der Waals surface area (Å²) in [5.74, 6) is -5.08. The Morgan fingerprint density at radius 1 is 0.689 bits per heavy atom. The average Bonchev–Trinajstić information content (AvgIpc) is 3.83. The lowest BCUT2D eigenvalue weighted by atomic mass is 9.78. The van der Waals surface area contributed by atoms with E-state index < -0.39 is 17.8 Å². The topological polar surface area (TPSA) is 203 Å². The minimum Gasteiger partial charge on any atom is -0.477 e. The maximum Gasteiger partial charge on any atom is 0.354 e. The summed E-state index contributed by atoms with van der Waals surface area (Å²) in [6, 6.07) is 16.1. The van der Waals surface area contributed by atoms with Crippen molar-refractivity contribution in [3.05, 3.63) is 84.4 Å². The van der Waals surface area contributed by atoms with Crippen molar-refractivity contribution in [1.82, 2.24) is 19.9 Å². The van der Waals surface area contributed by atoms with Crippen LogP contribution >= 0.6 is 0 Å². The van der Waals surface area contributed by atoms with Crippen molar-refractivity contribution in [1.29, 1.82) is 0 Å². The summed E-state index contributed by atoms with van der Waals surface area (Å²) in [5.41, 5.74) is 6.79. The number of hydrogen-bond donors (Lipinski definition) is 4. The highest BCUT2D eigenvalue weighted by Gasteiger charge is 2.47. The van der Waals surface area contributed by atoms with Crippen LogP contribution in [0.4, 0.5) is 61.8 Å². The van der Waals surface area contributed by atoms with Crippen LogP contribution in [0.3, 0.4) is 0 Å². The van der Waals surface area contributed by atoms with Gasteiger partial charge < -0.3 is 20.6 Å². The van der Waals surface area contributed by atoms with Crippen molar-refractivity contribution in [2.75, 3.05) is 56.4 Å². The van der Waals surface area contributed by atoms with Crippen LogP contribution in [0.15, 0.2) is 73.1 Å². The number of nitrogens with zero attached hydrogens (tertiary/aromatic N) is 8. The van der Waals surface area contributed by atoms with Crippen LogP contribution in [0, 0.1) is 5.92 Å². The molecule has 4 amide bonds. The third-order valence-electron chi connectivity index (χ3n) is 11.4. The molecule has 0 radical (unpaired) electrons. The van der Waals surface area contributed by atoms with E-state index in [1.807, 2.05) is 0 Å². The molecule has 4 aromatic heterocycles. The normalized spacial score (nSPS) is 21.3. The maximum absolute atomic E-state index is 13.1. The van der Waals surface area contributed by atoms with Crippen LogP contribution in [0.2, 0.25) is 0 Å². The van der Waals surface area contributed by atoms with Crippen molar-refractivity contribution >= 4 is 58.5 Å². The van der Waals surface area contributed by atoms with Crippen molar-refractivity contribution in [2.45, 2.75) is 74.9 Å². The molecule has 2 atom stereocenters. The Bertz CT molecular complexity index is 2290. The fourth-order valence-electron chi connectivity index (χ4n) is 8.43. The van der Waals surface area contributed by atoms with Crippen molar-refractivity contribution in [3.63, 3.8) is 0 Å². The molecule has 4 aliphatic heterocycles. The van der Waals surface area contributed by atoms with Crippen molar-refractivity contribution in [3.8, 4) is 0 Å². The number of Topliss-reactive ketones (excluding diaryl/α,β-unsaturated/α-hetero) is 1. The number of carboxylic acid groups (broad SMARTS) is 1. The zero-order valence-corrected chi connectivity index (χ0v) is 32.8. The molecule has 61 heavy (non-hydrogen) atoms. The van der Waals surface area contributed by atoms with E-state index in [-0.39, 0.29) is 85.4 Å². The Morgan fingerprint density at radius 2 is 1.16 bits per heavy atom. The Balaban J connectivity index is 0.000000148. The van der Waals surface area contributed by atoms with Gasteiger partial charge in [0.15, 0.2) is 23.1 Å². The quantitative estimate of drug-likeness (QED) is 0.125. The number of carbonyl (C=O) groups excluding carboxylic acids is 3. The molecule has 20 heteroatoms. The number of nitrogens with two attached hydrogens (primary N) is 1. The number of alkyl halides is 4. The number of pyridine rings is 4. The highest BCUT2D eigenvalue weighted by atomic mass is 19.3. The number of carbonyl (C=O) groups is 4. The summed E-state index contributed by atoms with van der Waals surface area (Å²) < 4.78 is 49.6. The number of hydrogen-bond acceptors (Lipinski definition) is 11. The monoisotopic (exact) mass is 845 g/mol. The molecule has 0 unspecified atom stereocenters. The van der Waals surface area contributed by atoms with Gasteiger partial charge in [-0.05, 0) is 67.3 Å². The molecule has 8 heterocycles. The minimum atomic E-state index is -2.65. The van der Waals surface area contributed by atoms with Gasteiger partial charge in [0, 0.05) is 76.7 Å². The van der Waals surface area contributed by atoms with E-state index >= 15 is 0 Å². The van der Waals surface area contributed by atoms with Gasteiger partial charge in [-0.2, -0.15) is 0 Å². The summed E-state index contributed by atoms with van der Waals surface area (Å²) in [4.78, 5) is 74.1. The van der Waals surface area contributed by atoms with E-state index in [0.29, 0.717) is 29.8 Å². The predicted octanol–water partition coefficient (Wildman–Crippen LogP) is 6.27. The van der Waals surface area contributed by atoms with Crippen LogP contribution in [0.5, 0.6) is 0 Å². The van der Waals surface area contributed by atoms with Crippen molar-refractivity contribution in [2.24, 2.45) is 11.7 Å². The molecular formula is C41H43F4N11O5. The van der Waals surface area contributed by atoms with Crippen LogP contribution in [0.25, 0.3) is 0 Å². The second-order valence-electron chi connectivity index (χ2n) is 16.0. The molecule has 0 spiro atoms. The number of ketones is 1. The van der Waals surface area contributed by atoms with Gasteiger partial charge in [-0.1, -0.05) is 12.1 Å². The molecule has 5 N–H and O–H groups in total. The number of amides is 4. The van der Waals surface area contributed by atoms with Crippen LogP contribution < -0.4 is 36.0 Å². The van der Waals surface area contributed by atoms with Gasteiger partial charge in [0.2, 0.25) is 5.92 Å². The summed E-state index contributed by atoms with van der Waals surface area (Å²) in [7, 11) is 0. The molecule has 16 nitrogen and oxygen atoms in total. The molecule has 6 aliphatic rings. The third kappa shape index (κ3) is 9.03. The largest absolute Gasteiger partial charge is 0.477 e. The zero-order valence-electron chi connectivity index (χ0n) is 32.8. The SMILES string of the molecule is NC1CC(F)(F)C1.O=C(CC1CC(F)(F)C1)c1ccc2c(n1)N(C(=O)Nc1ccccn1)[C@H]1CCN2C1.O=C(O)c1ccc2c(n1)N(C(=O)Nc1ccccn1)[C@H]1CCN2C1. The highest BCUT2D eigenvalue weighted by Crippen LogP contribution is 2.45. The number of urea groups is 2. The standard InChI is InChI=1S/C21H21F2N5O2.C16H15N5O3.C4H7F2N/c22-21(23)10-13(11-21)9-17(29)15-4-5-16-19(25-15)28(14-6-8-27(16)12-14)20(30)26-18-3-1-2-7-24-18;22-15(23)11-4-5-12-14(18-11)21(10-6-8-20(12)9-10)16(24)19-13-3-1-2-7-17-13;5-4(6)1-3(7)2-4/h1-5,7,13-14H,6,8-12H2,(H,24,26,30);1-5,7,10H,6,8-9H2,(H,22,23)(H,17,19,24);3H,1-2,7H2/t14-;10-;/m00./s1. The first kappa shape index (κ1) is 41.3. The van der Waals surface area contributed by atoms with Gasteiger partial charge in [0.05, 0.1) is 23.5 Å². The van der Waals surface area contributed by atoms with E-state index in [9.17, 15) is 41.8 Å². The van der Waals surface area contributed by atoms with E-state index in [2.05, 4.69) is 40.4 Å². The van der Waals surface area contributed by atoms with Gasteiger partial charge in [0.25, 0.3) is 5.92 Å². The number of nitrogens with one attached hydrogen (secondary N) is 2. The first-order valence-corrected chi connectivity index (χ1v) is 20.0. The zero-order chi connectivity index (χ0) is 43.1. The van der Waals surface area contributed by atoms with Gasteiger partial charge in [0.1, 0.15) is 17.3 Å². The molecule has 4 fully saturated rings. The highest BCUT2D eigenvalue weighted by molar-refractivity contribution is 6.06. The number of aromatic nitrogens is 4. The number of aromatic carboxylic acids is 1. The third-order valence-corrected chi connectivity index (χ3v) is 11.4. The molecule has 2 saturated heterocycles. The second kappa shape index (κ2) is 16.5.